The summed E-state index contributed by atoms with van der Waals surface area (Å²) in [7, 11) is 0. The van der Waals surface area contributed by atoms with E-state index in [9.17, 15) is 9.90 Å². The third-order valence-corrected chi connectivity index (χ3v) is 7.38. The molecule has 0 bridgehead atoms. The largest absolute Gasteiger partial charge is 0.393 e. The van der Waals surface area contributed by atoms with E-state index >= 15 is 0 Å². The van der Waals surface area contributed by atoms with Crippen molar-refractivity contribution in [2.45, 2.75) is 37.8 Å². The van der Waals surface area contributed by atoms with Gasteiger partial charge >= 0.3 is 0 Å². The lowest BCUT2D eigenvalue weighted by Crippen LogP contribution is -2.29. The standard InChI is InChI=1S/C30H29N5O2.ClH/c31-28-15-8-18(17-33-28)22-5-3-7-27-29(22)24-4-1-2-6-26(24)35(27)20-11-14-23(30(32)37)25(16-20)34-19-9-12-21(36)13-10-19;/h1-8,11,14-17,19,21,34,36H,9-10,12-13H2,(H2,31,33)(H2,32,37);1H/t19-,21-;. The number of nitrogen functional groups attached to an aromatic ring is 1. The van der Waals surface area contributed by atoms with Crippen molar-refractivity contribution in [1.29, 1.82) is 0 Å². The Balaban J connectivity index is 0.00000294. The molecule has 7 nitrogen and oxygen atoms in total. The zero-order valence-electron chi connectivity index (χ0n) is 20.8. The van der Waals surface area contributed by atoms with E-state index < -0.39 is 5.91 Å². The smallest absolute Gasteiger partial charge is 0.250 e. The molecule has 0 spiro atoms. The first-order valence-corrected chi connectivity index (χ1v) is 12.6. The quantitative estimate of drug-likeness (QED) is 0.235. The Kier molecular flexibility index (Phi) is 6.97. The minimum absolute atomic E-state index is 0. The summed E-state index contributed by atoms with van der Waals surface area (Å²) in [5.74, 6) is 0.0191. The number of carbonyl (C=O) groups is 1. The maximum absolute atomic E-state index is 12.3. The molecule has 1 amide bonds. The third kappa shape index (κ3) is 4.55. The molecule has 6 N–H and O–H groups in total. The van der Waals surface area contributed by atoms with Crippen LogP contribution in [-0.4, -0.2) is 32.7 Å². The summed E-state index contributed by atoms with van der Waals surface area (Å²) < 4.78 is 2.22. The van der Waals surface area contributed by atoms with Crippen LogP contribution in [0.5, 0.6) is 0 Å². The van der Waals surface area contributed by atoms with Gasteiger partial charge in [-0.2, -0.15) is 0 Å². The number of hydrogen-bond acceptors (Lipinski definition) is 5. The van der Waals surface area contributed by atoms with Crippen molar-refractivity contribution in [3.8, 4) is 16.8 Å². The van der Waals surface area contributed by atoms with E-state index in [1.807, 2.05) is 42.5 Å². The summed E-state index contributed by atoms with van der Waals surface area (Å²) in [5.41, 5.74) is 17.9. The summed E-state index contributed by atoms with van der Waals surface area (Å²) in [6.45, 7) is 0. The summed E-state index contributed by atoms with van der Waals surface area (Å²) in [4.78, 5) is 16.6. The van der Waals surface area contributed by atoms with Crippen molar-refractivity contribution in [1.82, 2.24) is 9.55 Å². The Labute approximate surface area is 226 Å². The summed E-state index contributed by atoms with van der Waals surface area (Å²) in [5, 5.41) is 15.7. The van der Waals surface area contributed by atoms with Crippen LogP contribution in [0.1, 0.15) is 36.0 Å². The van der Waals surface area contributed by atoms with Gasteiger partial charge in [0.2, 0.25) is 0 Å². The van der Waals surface area contributed by atoms with Crippen LogP contribution in [0.4, 0.5) is 11.5 Å². The Bertz CT molecular complexity index is 1620. The molecule has 8 heteroatoms. The van der Waals surface area contributed by atoms with Gasteiger partial charge in [-0.3, -0.25) is 4.79 Å². The number of benzene rings is 3. The molecule has 2 heterocycles. The molecule has 0 unspecified atom stereocenters. The van der Waals surface area contributed by atoms with Crippen molar-refractivity contribution < 1.29 is 9.90 Å². The molecular formula is C30H30ClN5O2. The number of carbonyl (C=O) groups excluding carboxylic acids is 1. The summed E-state index contributed by atoms with van der Waals surface area (Å²) in [6.07, 6.45) is 4.75. The molecule has 0 aliphatic heterocycles. The number of nitrogens with zero attached hydrogens (tertiary/aromatic N) is 2. The highest BCUT2D eigenvalue weighted by Crippen LogP contribution is 2.39. The first-order chi connectivity index (χ1) is 18.0. The second kappa shape index (κ2) is 10.4. The molecule has 0 saturated heterocycles. The molecule has 1 aliphatic carbocycles. The number of primary amides is 1. The number of amides is 1. The normalized spacial score (nSPS) is 17.3. The van der Waals surface area contributed by atoms with Crippen molar-refractivity contribution >= 4 is 51.6 Å². The van der Waals surface area contributed by atoms with Gasteiger partial charge in [-0.15, -0.1) is 12.4 Å². The molecule has 3 aromatic carbocycles. The number of fused-ring (bicyclic) bond motifs is 3. The Morgan fingerprint density at radius 1 is 0.947 bits per heavy atom. The zero-order valence-corrected chi connectivity index (χ0v) is 21.6. The maximum Gasteiger partial charge on any atom is 0.250 e. The van der Waals surface area contributed by atoms with E-state index in [2.05, 4.69) is 39.1 Å². The van der Waals surface area contributed by atoms with Gasteiger partial charge in [-0.1, -0.05) is 30.3 Å². The fourth-order valence-electron chi connectivity index (χ4n) is 5.55. The monoisotopic (exact) mass is 527 g/mol. The van der Waals surface area contributed by atoms with Crippen LogP contribution in [-0.2, 0) is 0 Å². The second-order valence-electron chi connectivity index (χ2n) is 9.77. The van der Waals surface area contributed by atoms with Gasteiger partial charge in [-0.05, 0) is 73.7 Å². The Morgan fingerprint density at radius 3 is 2.45 bits per heavy atom. The first kappa shape index (κ1) is 25.6. The van der Waals surface area contributed by atoms with Gasteiger partial charge in [0.05, 0.1) is 22.7 Å². The number of rotatable bonds is 5. The number of nitrogens with two attached hydrogens (primary N) is 2. The molecular weight excluding hydrogens is 498 g/mol. The summed E-state index contributed by atoms with van der Waals surface area (Å²) >= 11 is 0. The number of aromatic nitrogens is 2. The van der Waals surface area contributed by atoms with Crippen LogP contribution in [0, 0.1) is 0 Å². The van der Waals surface area contributed by atoms with Crippen LogP contribution < -0.4 is 16.8 Å². The fourth-order valence-corrected chi connectivity index (χ4v) is 5.55. The van der Waals surface area contributed by atoms with E-state index in [0.29, 0.717) is 11.4 Å². The van der Waals surface area contributed by atoms with Gasteiger partial charge in [0.25, 0.3) is 5.91 Å². The van der Waals surface area contributed by atoms with Crippen molar-refractivity contribution in [3.05, 3.63) is 84.6 Å². The van der Waals surface area contributed by atoms with E-state index in [-0.39, 0.29) is 24.6 Å². The molecule has 194 valence electrons. The predicted octanol–water partition coefficient (Wildman–Crippen LogP) is 5.66. The molecule has 2 aromatic heterocycles. The van der Waals surface area contributed by atoms with Gasteiger partial charge < -0.3 is 26.5 Å². The number of halogens is 1. The number of pyridine rings is 1. The van der Waals surface area contributed by atoms with Crippen molar-refractivity contribution in [2.24, 2.45) is 5.73 Å². The molecule has 38 heavy (non-hydrogen) atoms. The number of para-hydroxylation sites is 1. The van der Waals surface area contributed by atoms with Gasteiger partial charge in [0.15, 0.2) is 0 Å². The number of hydrogen-bond donors (Lipinski definition) is 4. The molecule has 0 atom stereocenters. The van der Waals surface area contributed by atoms with Crippen LogP contribution >= 0.6 is 12.4 Å². The highest BCUT2D eigenvalue weighted by Gasteiger charge is 2.22. The van der Waals surface area contributed by atoms with E-state index in [1.165, 1.54) is 0 Å². The Hall–Kier alpha value is -4.07. The molecule has 0 radical (unpaired) electrons. The molecule has 1 aliphatic rings. The van der Waals surface area contributed by atoms with Gasteiger partial charge in [0.1, 0.15) is 5.82 Å². The van der Waals surface area contributed by atoms with Crippen LogP contribution in [0.3, 0.4) is 0 Å². The molecule has 1 saturated carbocycles. The van der Waals surface area contributed by atoms with Crippen molar-refractivity contribution in [3.63, 3.8) is 0 Å². The lowest BCUT2D eigenvalue weighted by molar-refractivity contribution is 0.100. The Morgan fingerprint density at radius 2 is 1.71 bits per heavy atom. The minimum atomic E-state index is -0.467. The molecule has 1 fully saturated rings. The third-order valence-electron chi connectivity index (χ3n) is 7.38. The second-order valence-corrected chi connectivity index (χ2v) is 9.77. The fraction of sp³-hybridized carbons (Fsp3) is 0.200. The maximum atomic E-state index is 12.3. The van der Waals surface area contributed by atoms with Crippen molar-refractivity contribution in [2.75, 3.05) is 11.1 Å². The van der Waals surface area contributed by atoms with Crippen LogP contribution in [0.2, 0.25) is 0 Å². The highest BCUT2D eigenvalue weighted by atomic mass is 35.5. The van der Waals surface area contributed by atoms with Crippen LogP contribution in [0.25, 0.3) is 38.6 Å². The topological polar surface area (TPSA) is 119 Å². The van der Waals surface area contributed by atoms with E-state index in [4.69, 9.17) is 11.5 Å². The molecule has 6 rings (SSSR count). The minimum Gasteiger partial charge on any atom is -0.393 e. The number of nitrogens with one attached hydrogen (secondary N) is 1. The predicted molar refractivity (Wildman–Crippen MR) is 156 cm³/mol. The molecule has 5 aromatic rings. The lowest BCUT2D eigenvalue weighted by Gasteiger charge is -2.28. The summed E-state index contributed by atoms with van der Waals surface area (Å²) in [6, 6.07) is 24.3. The number of anilines is 2. The van der Waals surface area contributed by atoms with E-state index in [0.717, 1.165) is 70.0 Å². The highest BCUT2D eigenvalue weighted by molar-refractivity contribution is 6.15. The van der Waals surface area contributed by atoms with E-state index in [1.54, 1.807) is 12.3 Å². The zero-order chi connectivity index (χ0) is 25.5. The number of aliphatic hydroxyl groups is 1. The lowest BCUT2D eigenvalue weighted by atomic mass is 9.92. The van der Waals surface area contributed by atoms with Crippen LogP contribution in [0.15, 0.2) is 79.0 Å². The van der Waals surface area contributed by atoms with Gasteiger partial charge in [0, 0.05) is 39.9 Å². The van der Waals surface area contributed by atoms with Gasteiger partial charge in [-0.25, -0.2) is 4.98 Å². The average Bonchev–Trinajstić information content (AvgIpc) is 3.25. The first-order valence-electron chi connectivity index (χ1n) is 12.6. The number of aliphatic hydroxyl groups excluding tert-OH is 1. The SMILES string of the molecule is Cl.NC(=O)c1ccc(-n2c3ccccc3c3c(-c4ccc(N)nc4)cccc32)cc1N[C@H]1CC[C@H](O)CC1. The average molecular weight is 528 g/mol.